The average molecular weight is 600 g/mol. The summed E-state index contributed by atoms with van der Waals surface area (Å²) in [6, 6.07) is 3.99. The molecular formula is C30H38FN5O7. The zero-order valence-corrected chi connectivity index (χ0v) is 24.6. The minimum Gasteiger partial charge on any atom is -0.463 e. The zero-order valence-electron chi connectivity index (χ0n) is 24.6. The fraction of sp³-hybridized carbons (Fsp3) is 0.467. The zero-order chi connectivity index (χ0) is 31.5. The van der Waals surface area contributed by atoms with Gasteiger partial charge < -0.3 is 30.5 Å². The maximum absolute atomic E-state index is 13.7. The van der Waals surface area contributed by atoms with Gasteiger partial charge in [-0.25, -0.2) is 9.18 Å². The van der Waals surface area contributed by atoms with Crippen molar-refractivity contribution in [2.75, 3.05) is 13.2 Å². The summed E-state index contributed by atoms with van der Waals surface area (Å²) in [5.74, 6) is -3.40. The highest BCUT2D eigenvalue weighted by Gasteiger charge is 2.32. The first-order valence-corrected chi connectivity index (χ1v) is 14.2. The van der Waals surface area contributed by atoms with Crippen LogP contribution in [0, 0.1) is 24.6 Å². The smallest absolute Gasteiger partial charge is 0.330 e. The summed E-state index contributed by atoms with van der Waals surface area (Å²) in [7, 11) is 0. The van der Waals surface area contributed by atoms with E-state index in [2.05, 4.69) is 26.4 Å². The Morgan fingerprint density at radius 2 is 1.86 bits per heavy atom. The van der Waals surface area contributed by atoms with Gasteiger partial charge in [-0.15, -0.1) is 0 Å². The highest BCUT2D eigenvalue weighted by Crippen LogP contribution is 2.18. The summed E-state index contributed by atoms with van der Waals surface area (Å²) < 4.78 is 23.5. The molecular weight excluding hydrogens is 561 g/mol. The highest BCUT2D eigenvalue weighted by molar-refractivity contribution is 5.97. The number of rotatable bonds is 14. The van der Waals surface area contributed by atoms with E-state index < -0.39 is 47.6 Å². The molecule has 2 heterocycles. The summed E-state index contributed by atoms with van der Waals surface area (Å²) in [6.45, 7) is 7.43. The van der Waals surface area contributed by atoms with E-state index in [4.69, 9.17) is 9.26 Å². The lowest BCUT2D eigenvalue weighted by Crippen LogP contribution is -2.57. The third kappa shape index (κ3) is 10.0. The number of nitrogens with one attached hydrogen (secondary N) is 4. The summed E-state index contributed by atoms with van der Waals surface area (Å²) in [4.78, 5) is 64.1. The lowest BCUT2D eigenvalue weighted by atomic mass is 9.97. The van der Waals surface area contributed by atoms with Crippen LogP contribution in [0.2, 0.25) is 0 Å². The Kier molecular flexibility index (Phi) is 12.0. The predicted octanol–water partition coefficient (Wildman–Crippen LogP) is 1.73. The standard InChI is InChI=1S/C30H38FN5O7/c1-5-42-25(37)11-10-22(16-20-12-13-32-27(20)38)33-28(39)23(15-19-6-8-21(31)9-7-19)34-30(41)26(17(2)3)35-29(40)24-14-18(4)43-36-24/h6-11,14,17,20,22-23,26H,5,12-13,15-16H2,1-4H3,(H,32,38)(H,33,39)(H,34,41)(H,35,40)/t20?,22-,23+,26+/m1/s1. The average Bonchev–Trinajstić information content (AvgIpc) is 3.58. The van der Waals surface area contributed by atoms with Gasteiger partial charge in [-0.3, -0.25) is 19.2 Å². The van der Waals surface area contributed by atoms with Gasteiger partial charge in [0.15, 0.2) is 5.69 Å². The van der Waals surface area contributed by atoms with Crippen molar-refractivity contribution < 1.29 is 37.6 Å². The van der Waals surface area contributed by atoms with Crippen molar-refractivity contribution in [3.63, 3.8) is 0 Å². The van der Waals surface area contributed by atoms with Crippen LogP contribution in [0.3, 0.4) is 0 Å². The molecule has 1 saturated heterocycles. The van der Waals surface area contributed by atoms with Gasteiger partial charge in [-0.05, 0) is 50.3 Å². The number of carbonyl (C=O) groups is 5. The first kappa shape index (κ1) is 33.0. The number of hydrogen-bond donors (Lipinski definition) is 4. The molecule has 13 heteroatoms. The molecule has 0 radical (unpaired) electrons. The second-order valence-electron chi connectivity index (χ2n) is 10.6. The molecule has 232 valence electrons. The van der Waals surface area contributed by atoms with Crippen LogP contribution in [0.4, 0.5) is 4.39 Å². The second kappa shape index (κ2) is 15.6. The molecule has 43 heavy (non-hydrogen) atoms. The Hall–Kier alpha value is -4.55. The van der Waals surface area contributed by atoms with Crippen LogP contribution in [0.1, 0.15) is 55.4 Å². The molecule has 4 amide bonds. The van der Waals surface area contributed by atoms with E-state index in [9.17, 15) is 28.4 Å². The summed E-state index contributed by atoms with van der Waals surface area (Å²) >= 11 is 0. The van der Waals surface area contributed by atoms with E-state index in [1.54, 1.807) is 27.7 Å². The van der Waals surface area contributed by atoms with Gasteiger partial charge in [0.1, 0.15) is 23.7 Å². The Balaban J connectivity index is 1.82. The molecule has 2 aromatic rings. The molecule has 0 spiro atoms. The molecule has 0 aliphatic carbocycles. The van der Waals surface area contributed by atoms with E-state index >= 15 is 0 Å². The highest BCUT2D eigenvalue weighted by atomic mass is 19.1. The number of aromatic nitrogens is 1. The quantitative estimate of drug-likeness (QED) is 0.188. The Labute approximate surface area is 249 Å². The minimum atomic E-state index is -1.15. The minimum absolute atomic E-state index is 0.00266. The van der Waals surface area contributed by atoms with E-state index in [1.807, 2.05) is 0 Å². The number of hydrogen-bond acceptors (Lipinski definition) is 8. The number of nitrogens with zero attached hydrogens (tertiary/aromatic N) is 1. The number of aryl methyl sites for hydroxylation is 1. The van der Waals surface area contributed by atoms with Crippen molar-refractivity contribution >= 4 is 29.6 Å². The van der Waals surface area contributed by atoms with Crippen LogP contribution in [0.15, 0.2) is 47.0 Å². The molecule has 4 N–H and O–H groups in total. The Bertz CT molecular complexity index is 1320. The molecule has 1 aliphatic rings. The van der Waals surface area contributed by atoms with Crippen LogP contribution < -0.4 is 21.3 Å². The first-order chi connectivity index (χ1) is 20.5. The van der Waals surface area contributed by atoms with Gasteiger partial charge in [0.2, 0.25) is 17.7 Å². The van der Waals surface area contributed by atoms with Crippen molar-refractivity contribution in [1.82, 2.24) is 26.4 Å². The van der Waals surface area contributed by atoms with Gasteiger partial charge in [-0.2, -0.15) is 0 Å². The van der Waals surface area contributed by atoms with E-state index in [1.165, 1.54) is 42.5 Å². The SMILES string of the molecule is CCOC(=O)C=C[C@H](CC1CCNC1=O)NC(=O)[C@H](Cc1ccc(F)cc1)NC(=O)[C@@H](NC(=O)c1cc(C)on1)C(C)C. The number of halogens is 1. The van der Waals surface area contributed by atoms with Crippen molar-refractivity contribution in [2.24, 2.45) is 11.8 Å². The van der Waals surface area contributed by atoms with Gasteiger partial charge in [0.05, 0.1) is 6.61 Å². The third-order valence-electron chi connectivity index (χ3n) is 6.86. The molecule has 1 aromatic carbocycles. The molecule has 1 unspecified atom stereocenters. The van der Waals surface area contributed by atoms with Gasteiger partial charge >= 0.3 is 5.97 Å². The van der Waals surface area contributed by atoms with E-state index in [0.717, 1.165) is 0 Å². The number of ether oxygens (including phenoxy) is 1. The van der Waals surface area contributed by atoms with Gasteiger partial charge in [0, 0.05) is 37.1 Å². The van der Waals surface area contributed by atoms with Crippen LogP contribution in [0.25, 0.3) is 0 Å². The van der Waals surface area contributed by atoms with Crippen molar-refractivity contribution in [2.45, 2.75) is 65.1 Å². The number of carbonyl (C=O) groups excluding carboxylic acids is 5. The fourth-order valence-corrected chi connectivity index (χ4v) is 4.58. The fourth-order valence-electron chi connectivity index (χ4n) is 4.58. The molecule has 1 aromatic heterocycles. The van der Waals surface area contributed by atoms with Crippen LogP contribution >= 0.6 is 0 Å². The summed E-state index contributed by atoms with van der Waals surface area (Å²) in [5.41, 5.74) is 0.572. The lowest BCUT2D eigenvalue weighted by molar-refractivity contribution is -0.137. The maximum atomic E-state index is 13.7. The van der Waals surface area contributed by atoms with Crippen LogP contribution in [-0.2, 0) is 30.3 Å². The number of benzene rings is 1. The van der Waals surface area contributed by atoms with Gasteiger partial charge in [-0.1, -0.05) is 37.2 Å². The normalized spacial score (nSPS) is 16.8. The second-order valence-corrected chi connectivity index (χ2v) is 10.6. The molecule has 0 saturated carbocycles. The van der Waals surface area contributed by atoms with E-state index in [-0.39, 0.29) is 42.9 Å². The monoisotopic (exact) mass is 599 g/mol. The molecule has 1 fully saturated rings. The van der Waals surface area contributed by atoms with Crippen molar-refractivity contribution in [1.29, 1.82) is 0 Å². The largest absolute Gasteiger partial charge is 0.463 e. The first-order valence-electron chi connectivity index (χ1n) is 14.2. The predicted molar refractivity (Wildman–Crippen MR) is 153 cm³/mol. The molecule has 4 atom stereocenters. The third-order valence-corrected chi connectivity index (χ3v) is 6.86. The summed E-state index contributed by atoms with van der Waals surface area (Å²) in [6.07, 6.45) is 3.42. The lowest BCUT2D eigenvalue weighted by Gasteiger charge is -2.26. The van der Waals surface area contributed by atoms with Crippen LogP contribution in [-0.4, -0.2) is 66.0 Å². The molecule has 1 aliphatic heterocycles. The van der Waals surface area contributed by atoms with Gasteiger partial charge in [0.25, 0.3) is 5.91 Å². The summed E-state index contributed by atoms with van der Waals surface area (Å²) in [5, 5.41) is 14.6. The molecule has 12 nitrogen and oxygen atoms in total. The molecule has 0 bridgehead atoms. The van der Waals surface area contributed by atoms with E-state index in [0.29, 0.717) is 24.3 Å². The topological polar surface area (TPSA) is 169 Å². The molecule has 3 rings (SSSR count). The Morgan fingerprint density at radius 1 is 1.14 bits per heavy atom. The van der Waals surface area contributed by atoms with Crippen molar-refractivity contribution in [3.05, 3.63) is 65.3 Å². The number of amides is 4. The Morgan fingerprint density at radius 3 is 2.44 bits per heavy atom. The maximum Gasteiger partial charge on any atom is 0.330 e. The van der Waals surface area contributed by atoms with Crippen molar-refractivity contribution in [3.8, 4) is 0 Å². The van der Waals surface area contributed by atoms with Crippen LogP contribution in [0.5, 0.6) is 0 Å². The number of esters is 1.